The van der Waals surface area contributed by atoms with E-state index in [4.69, 9.17) is 6.58 Å². The normalized spacial score (nSPS) is 14.3. The first-order valence-corrected chi connectivity index (χ1v) is 5.79. The Hall–Kier alpha value is -0.127. The molecule has 0 nitrogen and oxygen atoms in total. The average Bonchev–Trinajstić information content (AvgIpc) is 3.03. The van der Waals surface area contributed by atoms with E-state index in [2.05, 4.69) is 38.2 Å². The van der Waals surface area contributed by atoms with Crippen molar-refractivity contribution in [1.82, 2.24) is 0 Å². The van der Waals surface area contributed by atoms with Crippen LogP contribution in [0.5, 0.6) is 0 Å². The van der Waals surface area contributed by atoms with E-state index in [0.29, 0.717) is 5.92 Å². The van der Waals surface area contributed by atoms with Gasteiger partial charge in [-0.2, -0.15) is 12.2 Å². The Morgan fingerprint density at radius 2 is 1.61 bits per heavy atom. The van der Waals surface area contributed by atoms with E-state index in [9.17, 15) is 0 Å². The standard InChI is InChI=1S/C6H11.2C5H5.ClH.Zr/c1-4-6(3)5-2;2*1-2-4-5-3-1;;/h1,4,6H,5H2,2-3H3;2*1-3H,4H2;1H;/q3*-1;;+4/p-1. The van der Waals surface area contributed by atoms with Crippen LogP contribution < -0.4 is 12.4 Å². The van der Waals surface area contributed by atoms with Crippen LogP contribution in [0.15, 0.2) is 42.5 Å². The van der Waals surface area contributed by atoms with Gasteiger partial charge in [-0.1, -0.05) is 26.2 Å². The Morgan fingerprint density at radius 3 is 1.67 bits per heavy atom. The Labute approximate surface area is 138 Å². The van der Waals surface area contributed by atoms with Crippen LogP contribution in [0.4, 0.5) is 0 Å². The molecular formula is C16H21ClZr. The first kappa shape index (κ1) is 23.0. The SMILES string of the molecule is [C-]1=CC=CC1.[C-]1=CC=CC1.[CH-]=CC(C)CC.[Cl-].[Zr+4]. The maximum Gasteiger partial charge on any atom is 4.00 e. The van der Waals surface area contributed by atoms with Crippen LogP contribution in [0.2, 0.25) is 0 Å². The second-order valence-electron chi connectivity index (χ2n) is 3.58. The number of rotatable bonds is 2. The van der Waals surface area contributed by atoms with Gasteiger partial charge in [-0.15, -0.1) is 12.8 Å². The van der Waals surface area contributed by atoms with Crippen LogP contribution in [0.25, 0.3) is 0 Å². The fourth-order valence-corrected chi connectivity index (χ4v) is 0.816. The van der Waals surface area contributed by atoms with Gasteiger partial charge in [0.05, 0.1) is 0 Å². The van der Waals surface area contributed by atoms with Crippen molar-refractivity contribution in [2.45, 2.75) is 33.1 Å². The summed E-state index contributed by atoms with van der Waals surface area (Å²) in [5.41, 5.74) is 0. The molecule has 0 bridgehead atoms. The van der Waals surface area contributed by atoms with Gasteiger partial charge >= 0.3 is 26.2 Å². The van der Waals surface area contributed by atoms with Gasteiger partial charge in [0.25, 0.3) is 0 Å². The van der Waals surface area contributed by atoms with Crippen molar-refractivity contribution >= 4 is 0 Å². The number of halogens is 1. The molecule has 1 atom stereocenters. The van der Waals surface area contributed by atoms with Crippen molar-refractivity contribution in [2.24, 2.45) is 5.92 Å². The van der Waals surface area contributed by atoms with Gasteiger partial charge in [-0.3, -0.25) is 18.2 Å². The molecule has 18 heavy (non-hydrogen) atoms. The van der Waals surface area contributed by atoms with Crippen molar-refractivity contribution in [2.75, 3.05) is 0 Å². The predicted octanol–water partition coefficient (Wildman–Crippen LogP) is 1.63. The minimum atomic E-state index is 0. The van der Waals surface area contributed by atoms with E-state index in [1.165, 1.54) is 0 Å². The number of hydrogen-bond acceptors (Lipinski definition) is 0. The summed E-state index contributed by atoms with van der Waals surface area (Å²) in [5.74, 6) is 0.588. The fourth-order valence-electron chi connectivity index (χ4n) is 0.816. The van der Waals surface area contributed by atoms with Gasteiger partial charge in [0, 0.05) is 0 Å². The molecule has 0 saturated heterocycles. The molecule has 2 aliphatic rings. The van der Waals surface area contributed by atoms with Gasteiger partial charge in [0.1, 0.15) is 0 Å². The molecule has 0 aromatic carbocycles. The van der Waals surface area contributed by atoms with Crippen LogP contribution >= 0.6 is 0 Å². The van der Waals surface area contributed by atoms with E-state index in [-0.39, 0.29) is 38.6 Å². The predicted molar refractivity (Wildman–Crippen MR) is 71.5 cm³/mol. The third kappa shape index (κ3) is 18.2. The van der Waals surface area contributed by atoms with Crippen LogP contribution in [0.3, 0.4) is 0 Å². The molecule has 0 aromatic rings. The molecule has 0 amide bonds. The van der Waals surface area contributed by atoms with E-state index >= 15 is 0 Å². The van der Waals surface area contributed by atoms with E-state index < -0.39 is 0 Å². The van der Waals surface area contributed by atoms with Crippen molar-refractivity contribution in [3.05, 3.63) is 61.3 Å². The molecule has 0 radical (unpaired) electrons. The van der Waals surface area contributed by atoms with E-state index in [1.54, 1.807) is 6.08 Å². The quantitative estimate of drug-likeness (QED) is 0.671. The van der Waals surface area contributed by atoms with Crippen molar-refractivity contribution in [3.63, 3.8) is 0 Å². The zero-order chi connectivity index (χ0) is 12.1. The molecule has 0 N–H and O–H groups in total. The van der Waals surface area contributed by atoms with Crippen molar-refractivity contribution < 1.29 is 38.6 Å². The Morgan fingerprint density at radius 1 is 1.17 bits per heavy atom. The van der Waals surface area contributed by atoms with Gasteiger partial charge in [-0.05, 0) is 0 Å². The van der Waals surface area contributed by atoms with Crippen LogP contribution in [-0.4, -0.2) is 0 Å². The first-order valence-electron chi connectivity index (χ1n) is 5.79. The van der Waals surface area contributed by atoms with Crippen LogP contribution in [0.1, 0.15) is 33.1 Å². The maximum atomic E-state index is 5.16. The van der Waals surface area contributed by atoms with E-state index in [1.807, 2.05) is 24.3 Å². The first-order chi connectivity index (χ1) is 7.81. The van der Waals surface area contributed by atoms with Gasteiger partial charge in [-0.25, -0.2) is 24.3 Å². The molecule has 2 aliphatic carbocycles. The molecule has 0 fully saturated rings. The zero-order valence-corrected chi connectivity index (χ0v) is 14.4. The molecule has 0 spiro atoms. The third-order valence-electron chi connectivity index (χ3n) is 2.14. The summed E-state index contributed by atoms with van der Waals surface area (Å²) < 4.78 is 0. The molecule has 0 aliphatic heterocycles. The Kier molecular flexibility index (Phi) is 24.6. The summed E-state index contributed by atoms with van der Waals surface area (Å²) in [4.78, 5) is 0. The molecule has 2 heteroatoms. The zero-order valence-electron chi connectivity index (χ0n) is 11.2. The van der Waals surface area contributed by atoms with Gasteiger partial charge in [0.2, 0.25) is 0 Å². The molecule has 96 valence electrons. The fraction of sp³-hybridized carbons (Fsp3) is 0.375. The topological polar surface area (TPSA) is 0 Å². The van der Waals surface area contributed by atoms with Crippen molar-refractivity contribution in [3.8, 4) is 0 Å². The summed E-state index contributed by atoms with van der Waals surface area (Å²) >= 11 is 0. The molecule has 0 aromatic heterocycles. The number of hydrogen-bond donors (Lipinski definition) is 0. The molecule has 0 saturated carbocycles. The maximum absolute atomic E-state index is 5.16. The molecule has 0 heterocycles. The summed E-state index contributed by atoms with van der Waals surface area (Å²) in [6, 6.07) is 0. The van der Waals surface area contributed by atoms with E-state index in [0.717, 1.165) is 19.3 Å². The third-order valence-corrected chi connectivity index (χ3v) is 2.14. The Balaban J connectivity index is -0.000000178. The molecule has 2 rings (SSSR count). The van der Waals surface area contributed by atoms with Crippen LogP contribution in [-0.2, 0) is 26.2 Å². The smallest absolute Gasteiger partial charge is 1.00 e. The van der Waals surface area contributed by atoms with Crippen LogP contribution in [0, 0.1) is 24.6 Å². The monoisotopic (exact) mass is 338 g/mol. The Bertz CT molecular complexity index is 233. The summed E-state index contributed by atoms with van der Waals surface area (Å²) in [6.45, 7) is 9.37. The minimum absolute atomic E-state index is 0. The minimum Gasteiger partial charge on any atom is -1.00 e. The summed E-state index contributed by atoms with van der Waals surface area (Å²) in [6.07, 6.45) is 22.9. The largest absolute Gasteiger partial charge is 4.00 e. The van der Waals surface area contributed by atoms with Crippen molar-refractivity contribution in [1.29, 1.82) is 0 Å². The summed E-state index contributed by atoms with van der Waals surface area (Å²) in [5, 5.41) is 0. The molecular weight excluding hydrogens is 319 g/mol. The van der Waals surface area contributed by atoms with Gasteiger partial charge < -0.3 is 19.0 Å². The summed E-state index contributed by atoms with van der Waals surface area (Å²) in [7, 11) is 0. The van der Waals surface area contributed by atoms with Gasteiger partial charge in [0.15, 0.2) is 0 Å². The number of allylic oxidation sites excluding steroid dienone is 9. The molecule has 1 unspecified atom stereocenters. The second-order valence-corrected chi connectivity index (χ2v) is 3.58. The average molecular weight is 340 g/mol. The second kappa shape index (κ2) is 19.2.